The number of benzene rings is 1. The fourth-order valence-electron chi connectivity index (χ4n) is 3.30. The lowest BCUT2D eigenvalue weighted by Crippen LogP contribution is -3.08. The summed E-state index contributed by atoms with van der Waals surface area (Å²) in [4.78, 5) is 17.9. The van der Waals surface area contributed by atoms with Crippen LogP contribution in [0.1, 0.15) is 37.9 Å². The van der Waals surface area contributed by atoms with E-state index in [9.17, 15) is 4.79 Å². The first-order chi connectivity index (χ1) is 11.0. The van der Waals surface area contributed by atoms with Crippen molar-refractivity contribution < 1.29 is 9.64 Å². The van der Waals surface area contributed by atoms with Gasteiger partial charge in [-0.1, -0.05) is 13.8 Å². The van der Waals surface area contributed by atoms with Crippen LogP contribution in [0.25, 0.3) is 10.9 Å². The SMILES string of the molecule is Cc1[nH]c2ccc(OCC(C)C)cc2c(=O)c1C[NH+]1CCCC1. The zero-order valence-corrected chi connectivity index (χ0v) is 14.4. The molecule has 124 valence electrons. The highest BCUT2D eigenvalue weighted by Gasteiger charge is 2.20. The van der Waals surface area contributed by atoms with E-state index < -0.39 is 0 Å². The Hall–Kier alpha value is -1.81. The van der Waals surface area contributed by atoms with Crippen molar-refractivity contribution in [1.82, 2.24) is 4.98 Å². The minimum Gasteiger partial charge on any atom is -0.493 e. The predicted octanol–water partition coefficient (Wildman–Crippen LogP) is 2.05. The lowest BCUT2D eigenvalue weighted by Gasteiger charge is -2.15. The summed E-state index contributed by atoms with van der Waals surface area (Å²) in [7, 11) is 0. The third-order valence-corrected chi connectivity index (χ3v) is 4.61. The van der Waals surface area contributed by atoms with Crippen LogP contribution in [-0.2, 0) is 6.54 Å². The van der Waals surface area contributed by atoms with Crippen molar-refractivity contribution in [2.45, 2.75) is 40.2 Å². The largest absolute Gasteiger partial charge is 0.493 e. The molecule has 23 heavy (non-hydrogen) atoms. The van der Waals surface area contributed by atoms with Gasteiger partial charge in [-0.15, -0.1) is 0 Å². The van der Waals surface area contributed by atoms with Gasteiger partial charge in [-0.2, -0.15) is 0 Å². The van der Waals surface area contributed by atoms with Crippen molar-refractivity contribution >= 4 is 10.9 Å². The summed E-state index contributed by atoms with van der Waals surface area (Å²) in [6.07, 6.45) is 2.54. The minimum absolute atomic E-state index is 0.158. The third kappa shape index (κ3) is 3.58. The summed E-state index contributed by atoms with van der Waals surface area (Å²) in [5, 5.41) is 0.741. The van der Waals surface area contributed by atoms with Crippen molar-refractivity contribution in [3.8, 4) is 5.75 Å². The molecule has 2 heterocycles. The monoisotopic (exact) mass is 315 g/mol. The smallest absolute Gasteiger partial charge is 0.198 e. The van der Waals surface area contributed by atoms with Crippen LogP contribution in [0.15, 0.2) is 23.0 Å². The van der Waals surface area contributed by atoms with Crippen LogP contribution < -0.4 is 15.1 Å². The number of quaternary nitrogens is 1. The average Bonchev–Trinajstić information content (AvgIpc) is 3.03. The van der Waals surface area contributed by atoms with Crippen molar-refractivity contribution in [3.63, 3.8) is 0 Å². The van der Waals surface area contributed by atoms with Gasteiger partial charge in [0.25, 0.3) is 0 Å². The first-order valence-electron chi connectivity index (χ1n) is 8.66. The fourth-order valence-corrected chi connectivity index (χ4v) is 3.30. The standard InChI is InChI=1S/C19H26N2O2/c1-13(2)12-23-15-6-7-18-16(10-15)19(22)17(14(3)20-18)11-21-8-4-5-9-21/h6-7,10,13H,4-5,8-9,11-12H2,1-3H3,(H,20,22)/p+1. The number of rotatable bonds is 5. The molecule has 0 amide bonds. The molecule has 4 heteroatoms. The molecule has 0 aliphatic carbocycles. The average molecular weight is 315 g/mol. The van der Waals surface area contributed by atoms with Gasteiger partial charge in [0, 0.05) is 29.4 Å². The summed E-state index contributed by atoms with van der Waals surface area (Å²) in [5.41, 5.74) is 2.98. The molecule has 2 N–H and O–H groups in total. The second-order valence-electron chi connectivity index (χ2n) is 7.10. The molecule has 0 saturated carbocycles. The molecule has 1 saturated heterocycles. The van der Waals surface area contributed by atoms with Crippen LogP contribution in [-0.4, -0.2) is 24.7 Å². The Morgan fingerprint density at radius 1 is 1.26 bits per heavy atom. The molecule has 0 unspecified atom stereocenters. The molecule has 0 spiro atoms. The van der Waals surface area contributed by atoms with Crippen LogP contribution in [0.2, 0.25) is 0 Å². The number of pyridine rings is 1. The van der Waals surface area contributed by atoms with Gasteiger partial charge in [0.2, 0.25) is 0 Å². The van der Waals surface area contributed by atoms with E-state index in [4.69, 9.17) is 4.74 Å². The number of hydrogen-bond donors (Lipinski definition) is 2. The molecule has 1 aliphatic heterocycles. The summed E-state index contributed by atoms with van der Waals surface area (Å²) in [6, 6.07) is 5.77. The van der Waals surface area contributed by atoms with Gasteiger partial charge in [0.15, 0.2) is 5.43 Å². The first-order valence-corrected chi connectivity index (χ1v) is 8.66. The molecule has 4 nitrogen and oxygen atoms in total. The molecule has 0 atom stereocenters. The van der Waals surface area contributed by atoms with Crippen LogP contribution in [0.5, 0.6) is 5.75 Å². The van der Waals surface area contributed by atoms with E-state index in [2.05, 4.69) is 18.8 Å². The number of aromatic nitrogens is 1. The van der Waals surface area contributed by atoms with E-state index in [1.165, 1.54) is 30.8 Å². The van der Waals surface area contributed by atoms with Gasteiger partial charge < -0.3 is 14.6 Å². The van der Waals surface area contributed by atoms with Gasteiger partial charge >= 0.3 is 0 Å². The Kier molecular flexibility index (Phi) is 4.71. The Bertz CT molecular complexity index is 743. The zero-order chi connectivity index (χ0) is 16.4. The highest BCUT2D eigenvalue weighted by Crippen LogP contribution is 2.19. The molecule has 1 aromatic heterocycles. The lowest BCUT2D eigenvalue weighted by molar-refractivity contribution is -0.901. The van der Waals surface area contributed by atoms with E-state index in [1.54, 1.807) is 0 Å². The van der Waals surface area contributed by atoms with Crippen LogP contribution >= 0.6 is 0 Å². The Labute approximate surface area is 137 Å². The zero-order valence-electron chi connectivity index (χ0n) is 14.4. The highest BCUT2D eigenvalue weighted by molar-refractivity contribution is 5.81. The van der Waals surface area contributed by atoms with E-state index in [0.717, 1.165) is 34.5 Å². The first kappa shape index (κ1) is 16.1. The minimum atomic E-state index is 0.158. The van der Waals surface area contributed by atoms with E-state index in [1.807, 2.05) is 25.1 Å². The fraction of sp³-hybridized carbons (Fsp3) is 0.526. The number of fused-ring (bicyclic) bond motifs is 1. The van der Waals surface area contributed by atoms with Crippen molar-refractivity contribution in [3.05, 3.63) is 39.7 Å². The quantitative estimate of drug-likeness (QED) is 0.887. The molecular formula is C19H27N2O2+. The number of ether oxygens (including phenoxy) is 1. The molecule has 0 radical (unpaired) electrons. The molecule has 2 aromatic rings. The summed E-state index contributed by atoms with van der Waals surface area (Å²) in [5.74, 6) is 1.25. The van der Waals surface area contributed by atoms with Gasteiger partial charge in [0.1, 0.15) is 12.3 Å². The number of nitrogens with one attached hydrogen (secondary N) is 2. The van der Waals surface area contributed by atoms with Gasteiger partial charge in [-0.3, -0.25) is 4.79 Å². The van der Waals surface area contributed by atoms with Crippen molar-refractivity contribution in [2.24, 2.45) is 5.92 Å². The van der Waals surface area contributed by atoms with Crippen molar-refractivity contribution in [1.29, 1.82) is 0 Å². The van der Waals surface area contributed by atoms with E-state index in [0.29, 0.717) is 12.5 Å². The maximum absolute atomic E-state index is 12.9. The Morgan fingerprint density at radius 3 is 2.70 bits per heavy atom. The maximum atomic E-state index is 12.9. The number of H-pyrrole nitrogens is 1. The molecule has 1 aromatic carbocycles. The lowest BCUT2D eigenvalue weighted by atomic mass is 10.1. The molecule has 0 bridgehead atoms. The highest BCUT2D eigenvalue weighted by atomic mass is 16.5. The molecule has 1 fully saturated rings. The van der Waals surface area contributed by atoms with Crippen molar-refractivity contribution in [2.75, 3.05) is 19.7 Å². The maximum Gasteiger partial charge on any atom is 0.198 e. The number of aryl methyl sites for hydroxylation is 1. The second kappa shape index (κ2) is 6.75. The Morgan fingerprint density at radius 2 is 2.00 bits per heavy atom. The van der Waals surface area contributed by atoms with E-state index >= 15 is 0 Å². The van der Waals surface area contributed by atoms with Crippen LogP contribution in [0.3, 0.4) is 0 Å². The normalized spacial score (nSPS) is 15.7. The van der Waals surface area contributed by atoms with E-state index in [-0.39, 0.29) is 5.43 Å². The topological polar surface area (TPSA) is 46.5 Å². The van der Waals surface area contributed by atoms with Gasteiger partial charge in [-0.05, 0) is 31.0 Å². The Balaban J connectivity index is 1.95. The number of likely N-dealkylation sites (tertiary alicyclic amines) is 1. The van der Waals surface area contributed by atoms with Gasteiger partial charge in [0.05, 0.1) is 25.3 Å². The molecular weight excluding hydrogens is 288 g/mol. The predicted molar refractivity (Wildman–Crippen MR) is 93.3 cm³/mol. The molecule has 3 rings (SSSR count). The third-order valence-electron chi connectivity index (χ3n) is 4.61. The summed E-state index contributed by atoms with van der Waals surface area (Å²) < 4.78 is 5.78. The van der Waals surface area contributed by atoms with Crippen LogP contribution in [0.4, 0.5) is 0 Å². The summed E-state index contributed by atoms with van der Waals surface area (Å²) in [6.45, 7) is 10.1. The summed E-state index contributed by atoms with van der Waals surface area (Å²) >= 11 is 0. The molecule has 1 aliphatic rings. The number of hydrogen-bond acceptors (Lipinski definition) is 2. The second-order valence-corrected chi connectivity index (χ2v) is 7.10. The van der Waals surface area contributed by atoms with Gasteiger partial charge in [-0.25, -0.2) is 0 Å². The van der Waals surface area contributed by atoms with Crippen LogP contribution in [0, 0.1) is 12.8 Å². The number of aromatic amines is 1.